The van der Waals surface area contributed by atoms with Gasteiger partial charge in [-0.15, -0.1) is 6.58 Å². The highest BCUT2D eigenvalue weighted by molar-refractivity contribution is 5.94. The average molecular weight is 418 g/mol. The first-order valence-electron chi connectivity index (χ1n) is 10.5. The zero-order valence-corrected chi connectivity index (χ0v) is 17.3. The molecule has 5 heteroatoms. The number of hydrogen-bond acceptors (Lipinski definition) is 4. The van der Waals surface area contributed by atoms with Crippen LogP contribution in [0.25, 0.3) is 11.1 Å². The molecule has 1 amide bonds. The van der Waals surface area contributed by atoms with E-state index in [0.717, 1.165) is 5.56 Å². The topological polar surface area (TPSA) is 92.8 Å². The first-order valence-corrected chi connectivity index (χ1v) is 10.5. The molecule has 4 unspecified atom stereocenters. The fourth-order valence-electron chi connectivity index (χ4n) is 4.49. The van der Waals surface area contributed by atoms with E-state index in [2.05, 4.69) is 30.8 Å². The fraction of sp³-hybridized carbons (Fsp3) is 0.269. The van der Waals surface area contributed by atoms with Gasteiger partial charge in [-0.2, -0.15) is 0 Å². The Balaban J connectivity index is 1.66. The summed E-state index contributed by atoms with van der Waals surface area (Å²) in [6.07, 6.45) is 0.749. The molecule has 4 rings (SSSR count). The van der Waals surface area contributed by atoms with Crippen molar-refractivity contribution < 1.29 is 19.7 Å². The standard InChI is InChI=1S/C26H27NO4/c1-2-20-23(29)14-24(31-25(20)15-28)22-13-16(8-9-21(22)26(27)30)10-17-11-18-6-4-3-5-7-19(18)12-17/h2-9,11-13,20,23-25,28-29H,1,10,14-15H2,(H2,27,30). The van der Waals surface area contributed by atoms with Crippen molar-refractivity contribution in [3.05, 3.63) is 95.6 Å². The minimum absolute atomic E-state index is 0.243. The molecule has 1 saturated heterocycles. The molecule has 3 aliphatic rings. The lowest BCUT2D eigenvalue weighted by atomic mass is 9.85. The molecule has 0 bridgehead atoms. The maximum Gasteiger partial charge on any atom is 0.249 e. The van der Waals surface area contributed by atoms with Crippen molar-refractivity contribution in [1.29, 1.82) is 0 Å². The number of ether oxygens (including phenoxy) is 1. The third kappa shape index (κ3) is 4.39. The molecule has 1 heterocycles. The van der Waals surface area contributed by atoms with E-state index >= 15 is 0 Å². The molecule has 5 nitrogen and oxygen atoms in total. The van der Waals surface area contributed by atoms with Crippen LogP contribution in [0.5, 0.6) is 0 Å². The second-order valence-corrected chi connectivity index (χ2v) is 8.11. The van der Waals surface area contributed by atoms with Crippen molar-refractivity contribution in [2.45, 2.75) is 31.2 Å². The minimum Gasteiger partial charge on any atom is -0.394 e. The van der Waals surface area contributed by atoms with Gasteiger partial charge in [0, 0.05) is 17.9 Å². The minimum atomic E-state index is -0.723. The van der Waals surface area contributed by atoms with Gasteiger partial charge in [0.1, 0.15) is 0 Å². The van der Waals surface area contributed by atoms with Crippen LogP contribution in [-0.4, -0.2) is 34.9 Å². The highest BCUT2D eigenvalue weighted by atomic mass is 16.5. The van der Waals surface area contributed by atoms with Gasteiger partial charge < -0.3 is 20.7 Å². The molecule has 0 saturated carbocycles. The second-order valence-electron chi connectivity index (χ2n) is 8.11. The molecule has 2 aliphatic carbocycles. The molecule has 0 aromatic heterocycles. The Morgan fingerprint density at radius 1 is 1.10 bits per heavy atom. The number of aliphatic hydroxyl groups excluding tert-OH is 2. The Bertz CT molecular complexity index is 1030. The summed E-state index contributed by atoms with van der Waals surface area (Å²) in [5.41, 5.74) is 11.2. The van der Waals surface area contributed by atoms with Crippen LogP contribution in [0.15, 0.2) is 73.3 Å². The molecular weight excluding hydrogens is 390 g/mol. The maximum atomic E-state index is 12.1. The molecule has 1 aliphatic heterocycles. The monoisotopic (exact) mass is 417 g/mol. The van der Waals surface area contributed by atoms with Crippen LogP contribution in [0.3, 0.4) is 0 Å². The van der Waals surface area contributed by atoms with E-state index in [9.17, 15) is 15.0 Å². The number of carbonyl (C=O) groups excluding carboxylic acids is 1. The van der Waals surface area contributed by atoms with Crippen molar-refractivity contribution in [3.8, 4) is 11.1 Å². The molecular formula is C26H27NO4. The van der Waals surface area contributed by atoms with Crippen LogP contribution in [0.1, 0.15) is 39.6 Å². The number of fused-ring (bicyclic) bond motifs is 1. The lowest BCUT2D eigenvalue weighted by Crippen LogP contribution is -2.42. The zero-order chi connectivity index (χ0) is 22.0. The number of benzene rings is 1. The number of carbonyl (C=O) groups is 1. The second kappa shape index (κ2) is 9.02. The molecule has 1 aromatic carbocycles. The van der Waals surface area contributed by atoms with Crippen molar-refractivity contribution in [2.75, 3.05) is 6.61 Å². The molecule has 160 valence electrons. The summed E-state index contributed by atoms with van der Waals surface area (Å²) >= 11 is 0. The van der Waals surface area contributed by atoms with Crippen LogP contribution in [0.2, 0.25) is 0 Å². The Kier molecular flexibility index (Phi) is 6.18. The van der Waals surface area contributed by atoms with E-state index in [-0.39, 0.29) is 12.5 Å². The first-order chi connectivity index (χ1) is 15.0. The number of rotatable bonds is 6. The van der Waals surface area contributed by atoms with Gasteiger partial charge in [-0.05, 0) is 40.3 Å². The van der Waals surface area contributed by atoms with E-state index < -0.39 is 24.2 Å². The lowest BCUT2D eigenvalue weighted by Gasteiger charge is -2.38. The highest BCUT2D eigenvalue weighted by Gasteiger charge is 2.37. The Morgan fingerprint density at radius 3 is 2.42 bits per heavy atom. The largest absolute Gasteiger partial charge is 0.394 e. The van der Waals surface area contributed by atoms with E-state index in [1.165, 1.54) is 16.7 Å². The maximum absolute atomic E-state index is 12.1. The first kappa shape index (κ1) is 21.2. The Hall–Kier alpha value is -2.99. The summed E-state index contributed by atoms with van der Waals surface area (Å²) in [5, 5.41) is 20.3. The number of primary amides is 1. The van der Waals surface area contributed by atoms with Crippen LogP contribution >= 0.6 is 0 Å². The van der Waals surface area contributed by atoms with E-state index in [1.807, 2.05) is 30.3 Å². The fourth-order valence-corrected chi connectivity index (χ4v) is 4.49. The van der Waals surface area contributed by atoms with Crippen molar-refractivity contribution in [2.24, 2.45) is 11.7 Å². The number of aliphatic hydroxyl groups is 2. The lowest BCUT2D eigenvalue weighted by molar-refractivity contribution is -0.139. The van der Waals surface area contributed by atoms with Gasteiger partial charge in [-0.3, -0.25) is 4.79 Å². The third-order valence-electron chi connectivity index (χ3n) is 6.05. The van der Waals surface area contributed by atoms with Crippen LogP contribution in [0.4, 0.5) is 0 Å². The molecule has 4 N–H and O–H groups in total. The predicted molar refractivity (Wildman–Crippen MR) is 120 cm³/mol. The van der Waals surface area contributed by atoms with E-state index in [0.29, 0.717) is 24.0 Å². The zero-order valence-electron chi connectivity index (χ0n) is 17.3. The molecule has 31 heavy (non-hydrogen) atoms. The van der Waals surface area contributed by atoms with Gasteiger partial charge in [0.2, 0.25) is 5.91 Å². The summed E-state index contributed by atoms with van der Waals surface area (Å²) < 4.78 is 6.06. The summed E-state index contributed by atoms with van der Waals surface area (Å²) in [5.74, 6) is -0.905. The normalized spacial score (nSPS) is 23.5. The number of nitrogens with two attached hydrogens (primary N) is 1. The third-order valence-corrected chi connectivity index (χ3v) is 6.05. The van der Waals surface area contributed by atoms with E-state index in [4.69, 9.17) is 10.5 Å². The predicted octanol–water partition coefficient (Wildman–Crippen LogP) is 3.47. The molecule has 0 spiro atoms. The van der Waals surface area contributed by atoms with Gasteiger partial charge in [-0.25, -0.2) is 0 Å². The quantitative estimate of drug-likeness (QED) is 0.536. The van der Waals surface area contributed by atoms with Crippen LogP contribution in [-0.2, 0) is 11.2 Å². The van der Waals surface area contributed by atoms with Crippen LogP contribution in [0, 0.1) is 5.92 Å². The highest BCUT2D eigenvalue weighted by Crippen LogP contribution is 2.37. The van der Waals surface area contributed by atoms with Crippen molar-refractivity contribution in [1.82, 2.24) is 0 Å². The SMILES string of the molecule is C=CC1C(O)CC(c2cc(Cc3cc4cccccc-4c3)ccc2C(N)=O)OC1CO. The summed E-state index contributed by atoms with van der Waals surface area (Å²) in [6, 6.07) is 20.1. The molecule has 4 atom stereocenters. The van der Waals surface area contributed by atoms with Gasteiger partial charge in [0.15, 0.2) is 0 Å². The Morgan fingerprint density at radius 2 is 1.81 bits per heavy atom. The molecule has 1 aromatic rings. The van der Waals surface area contributed by atoms with Crippen molar-refractivity contribution in [3.63, 3.8) is 0 Å². The molecule has 1 fully saturated rings. The van der Waals surface area contributed by atoms with Gasteiger partial charge >= 0.3 is 0 Å². The Labute approximate surface area is 182 Å². The number of amides is 1. The van der Waals surface area contributed by atoms with Crippen molar-refractivity contribution >= 4 is 5.91 Å². The summed E-state index contributed by atoms with van der Waals surface area (Å²) in [7, 11) is 0. The van der Waals surface area contributed by atoms with E-state index in [1.54, 1.807) is 12.1 Å². The smallest absolute Gasteiger partial charge is 0.249 e. The summed E-state index contributed by atoms with van der Waals surface area (Å²) in [6.45, 7) is 3.49. The molecule has 0 radical (unpaired) electrons. The average Bonchev–Trinajstić information content (AvgIpc) is 3.00. The van der Waals surface area contributed by atoms with Gasteiger partial charge in [0.25, 0.3) is 0 Å². The number of hydrogen-bond donors (Lipinski definition) is 3. The van der Waals surface area contributed by atoms with Gasteiger partial charge in [-0.1, -0.05) is 60.7 Å². The summed E-state index contributed by atoms with van der Waals surface area (Å²) in [4.78, 5) is 12.1. The van der Waals surface area contributed by atoms with Gasteiger partial charge in [0.05, 0.1) is 24.9 Å². The van der Waals surface area contributed by atoms with Crippen LogP contribution < -0.4 is 5.73 Å².